The summed E-state index contributed by atoms with van der Waals surface area (Å²) in [5, 5.41) is 8.94. The van der Waals surface area contributed by atoms with E-state index in [4.69, 9.17) is 5.11 Å². The highest BCUT2D eigenvalue weighted by Gasteiger charge is 2.17. The monoisotopic (exact) mass is 163 g/mol. The zero-order valence-corrected chi connectivity index (χ0v) is 6.98. The van der Waals surface area contributed by atoms with E-state index in [0.717, 1.165) is 18.4 Å². The van der Waals surface area contributed by atoms with Crippen molar-refractivity contribution in [2.24, 2.45) is 0 Å². The molecule has 0 aromatic rings. The van der Waals surface area contributed by atoms with E-state index in [1.165, 1.54) is 0 Å². The summed E-state index contributed by atoms with van der Waals surface area (Å²) in [6, 6.07) is 0.519. The highest BCUT2D eigenvalue weighted by molar-refractivity contribution is 5.20. The topological polar surface area (TPSA) is 23.5 Å². The number of allylic oxidation sites excluding steroid dienone is 2. The van der Waals surface area contributed by atoms with E-state index in [9.17, 15) is 0 Å². The molecule has 2 nitrogen and oxygen atoms in total. The molecule has 2 heterocycles. The van der Waals surface area contributed by atoms with Gasteiger partial charge in [0.1, 0.15) is 0 Å². The quantitative estimate of drug-likeness (QED) is 0.631. The first-order valence-electron chi connectivity index (χ1n) is 4.33. The lowest BCUT2D eigenvalue weighted by atomic mass is 9.99. The summed E-state index contributed by atoms with van der Waals surface area (Å²) in [7, 11) is 0. The molecule has 0 saturated heterocycles. The maximum Gasteiger partial charge on any atom is 0.0658 e. The first-order chi connectivity index (χ1) is 5.90. The number of fused-ring (bicyclic) bond motifs is 1. The third kappa shape index (κ3) is 1.30. The van der Waals surface area contributed by atoms with Crippen molar-refractivity contribution in [1.82, 2.24) is 4.90 Å². The van der Waals surface area contributed by atoms with Crippen LogP contribution < -0.4 is 0 Å². The van der Waals surface area contributed by atoms with Crippen molar-refractivity contribution >= 4 is 0 Å². The number of nitrogens with zero attached hydrogens (tertiary/aromatic N) is 1. The van der Waals surface area contributed by atoms with Gasteiger partial charge < -0.3 is 10.0 Å². The zero-order chi connectivity index (χ0) is 8.39. The van der Waals surface area contributed by atoms with Gasteiger partial charge in [-0.05, 0) is 24.5 Å². The fourth-order valence-corrected chi connectivity index (χ4v) is 1.66. The van der Waals surface area contributed by atoms with Crippen LogP contribution in [0.15, 0.2) is 36.2 Å². The minimum absolute atomic E-state index is 0.195. The molecule has 0 aromatic carbocycles. The summed E-state index contributed by atoms with van der Waals surface area (Å²) in [6.45, 7) is 0.195. The van der Waals surface area contributed by atoms with E-state index in [-0.39, 0.29) is 6.61 Å². The Kier molecular flexibility index (Phi) is 2.00. The molecule has 64 valence electrons. The van der Waals surface area contributed by atoms with Crippen LogP contribution >= 0.6 is 0 Å². The first-order valence-corrected chi connectivity index (χ1v) is 4.33. The van der Waals surface area contributed by atoms with E-state index in [0.29, 0.717) is 6.04 Å². The highest BCUT2D eigenvalue weighted by Crippen LogP contribution is 2.23. The molecule has 0 amide bonds. The van der Waals surface area contributed by atoms with Crippen LogP contribution in [0.5, 0.6) is 0 Å². The largest absolute Gasteiger partial charge is 0.392 e. The second-order valence-corrected chi connectivity index (χ2v) is 3.23. The predicted octanol–water partition coefficient (Wildman–Crippen LogP) is 1.41. The van der Waals surface area contributed by atoms with Crippen molar-refractivity contribution < 1.29 is 5.11 Å². The fourth-order valence-electron chi connectivity index (χ4n) is 1.66. The highest BCUT2D eigenvalue weighted by atomic mass is 16.3. The van der Waals surface area contributed by atoms with Gasteiger partial charge in [-0.15, -0.1) is 0 Å². The van der Waals surface area contributed by atoms with Gasteiger partial charge in [0, 0.05) is 12.4 Å². The Hall–Kier alpha value is -1.02. The van der Waals surface area contributed by atoms with Crippen LogP contribution in [0.3, 0.4) is 0 Å². The van der Waals surface area contributed by atoms with Gasteiger partial charge in [-0.2, -0.15) is 0 Å². The molecule has 1 N–H and O–H groups in total. The summed E-state index contributed by atoms with van der Waals surface area (Å²) >= 11 is 0. The Balaban J connectivity index is 2.17. The standard InChI is InChI=1S/C10H13NO/c12-8-9-4-5-10-3-1-2-6-11(10)7-9/h1-3,6-7,10,12H,4-5,8H2. The lowest BCUT2D eigenvalue weighted by Gasteiger charge is -2.32. The molecule has 12 heavy (non-hydrogen) atoms. The molecule has 0 aromatic heterocycles. The van der Waals surface area contributed by atoms with Crippen LogP contribution in [-0.4, -0.2) is 22.7 Å². The van der Waals surface area contributed by atoms with Crippen LogP contribution in [-0.2, 0) is 0 Å². The smallest absolute Gasteiger partial charge is 0.0658 e. The number of hydrogen-bond acceptors (Lipinski definition) is 2. The molecular weight excluding hydrogens is 150 g/mol. The Labute approximate surface area is 72.5 Å². The van der Waals surface area contributed by atoms with E-state index in [2.05, 4.69) is 23.3 Å². The molecule has 0 spiro atoms. The minimum atomic E-state index is 0.195. The Bertz CT molecular complexity index is 253. The molecule has 0 saturated carbocycles. The van der Waals surface area contributed by atoms with Crippen molar-refractivity contribution in [1.29, 1.82) is 0 Å². The summed E-state index contributed by atoms with van der Waals surface area (Å²) in [5.74, 6) is 0. The van der Waals surface area contributed by atoms with Gasteiger partial charge in [0.05, 0.1) is 12.6 Å². The second kappa shape index (κ2) is 3.15. The van der Waals surface area contributed by atoms with Crippen molar-refractivity contribution in [2.45, 2.75) is 18.9 Å². The summed E-state index contributed by atoms with van der Waals surface area (Å²) in [6.07, 6.45) is 12.5. The van der Waals surface area contributed by atoms with E-state index in [1.807, 2.05) is 12.3 Å². The summed E-state index contributed by atoms with van der Waals surface area (Å²) in [5.41, 5.74) is 1.13. The molecule has 2 aliphatic heterocycles. The maximum atomic E-state index is 8.94. The molecule has 0 bridgehead atoms. The van der Waals surface area contributed by atoms with Gasteiger partial charge in [0.15, 0.2) is 0 Å². The maximum absolute atomic E-state index is 8.94. The van der Waals surface area contributed by atoms with Crippen LogP contribution in [0.1, 0.15) is 12.8 Å². The Morgan fingerprint density at radius 3 is 3.25 bits per heavy atom. The minimum Gasteiger partial charge on any atom is -0.392 e. The van der Waals surface area contributed by atoms with E-state index >= 15 is 0 Å². The zero-order valence-electron chi connectivity index (χ0n) is 6.98. The number of hydrogen-bond donors (Lipinski definition) is 1. The molecular formula is C10H13NO. The van der Waals surface area contributed by atoms with Crippen LogP contribution in [0, 0.1) is 0 Å². The molecule has 0 radical (unpaired) electrons. The lowest BCUT2D eigenvalue weighted by Crippen LogP contribution is -2.29. The van der Waals surface area contributed by atoms with Crippen molar-refractivity contribution in [3.63, 3.8) is 0 Å². The van der Waals surface area contributed by atoms with Crippen LogP contribution in [0.2, 0.25) is 0 Å². The summed E-state index contributed by atoms with van der Waals surface area (Å²) < 4.78 is 0. The van der Waals surface area contributed by atoms with Crippen molar-refractivity contribution in [2.75, 3.05) is 6.61 Å². The van der Waals surface area contributed by atoms with E-state index in [1.54, 1.807) is 0 Å². The Morgan fingerprint density at radius 2 is 2.42 bits per heavy atom. The van der Waals surface area contributed by atoms with Crippen LogP contribution in [0.25, 0.3) is 0 Å². The van der Waals surface area contributed by atoms with Crippen LogP contribution in [0.4, 0.5) is 0 Å². The molecule has 1 atom stereocenters. The fraction of sp³-hybridized carbons (Fsp3) is 0.400. The molecule has 0 fully saturated rings. The first kappa shape index (κ1) is 7.62. The van der Waals surface area contributed by atoms with Crippen molar-refractivity contribution in [3.05, 3.63) is 36.2 Å². The van der Waals surface area contributed by atoms with Gasteiger partial charge in [-0.25, -0.2) is 0 Å². The normalized spacial score (nSPS) is 26.9. The van der Waals surface area contributed by atoms with Crippen molar-refractivity contribution in [3.8, 4) is 0 Å². The van der Waals surface area contributed by atoms with Gasteiger partial charge in [0.25, 0.3) is 0 Å². The molecule has 1 unspecified atom stereocenters. The predicted molar refractivity (Wildman–Crippen MR) is 48.3 cm³/mol. The number of aliphatic hydroxyl groups is 1. The average molecular weight is 163 g/mol. The van der Waals surface area contributed by atoms with Gasteiger partial charge >= 0.3 is 0 Å². The van der Waals surface area contributed by atoms with Gasteiger partial charge in [0.2, 0.25) is 0 Å². The SMILES string of the molecule is OCC1=CN2C=CC=CC2CC1. The molecule has 2 rings (SSSR count). The molecule has 2 aliphatic rings. The molecule has 0 aliphatic carbocycles. The molecule has 2 heteroatoms. The average Bonchev–Trinajstić information content (AvgIpc) is 2.17. The lowest BCUT2D eigenvalue weighted by molar-refractivity contribution is 0.299. The summed E-state index contributed by atoms with van der Waals surface area (Å²) in [4.78, 5) is 2.16. The number of rotatable bonds is 1. The third-order valence-corrected chi connectivity index (χ3v) is 2.38. The third-order valence-electron chi connectivity index (χ3n) is 2.38. The Morgan fingerprint density at radius 1 is 1.50 bits per heavy atom. The van der Waals surface area contributed by atoms with Gasteiger partial charge in [-0.3, -0.25) is 0 Å². The number of aliphatic hydroxyl groups excluding tert-OH is 1. The second-order valence-electron chi connectivity index (χ2n) is 3.23. The van der Waals surface area contributed by atoms with E-state index < -0.39 is 0 Å². The van der Waals surface area contributed by atoms with Gasteiger partial charge in [-0.1, -0.05) is 12.2 Å².